The number of benzene rings is 1. The van der Waals surface area contributed by atoms with Crippen molar-refractivity contribution in [2.24, 2.45) is 0 Å². The summed E-state index contributed by atoms with van der Waals surface area (Å²) in [6.45, 7) is 4.39. The minimum Gasteiger partial charge on any atom is -0.322 e. The standard InChI is InChI=1S/C12H16ClN3O.ClH/c1-9-8-16(7-6-14-9)12(17)15-11-4-2-10(13)3-5-11;/h2-5,9,14H,6-8H2,1H3,(H,15,17);1H/t9-;/m1./s1. The Bertz CT molecular complexity index is 397. The monoisotopic (exact) mass is 289 g/mol. The Morgan fingerprint density at radius 1 is 1.44 bits per heavy atom. The molecule has 0 bridgehead atoms. The van der Waals surface area contributed by atoms with Gasteiger partial charge in [-0.05, 0) is 31.2 Å². The fraction of sp³-hybridized carbons (Fsp3) is 0.417. The van der Waals surface area contributed by atoms with Crippen LogP contribution in [0.25, 0.3) is 0 Å². The molecule has 0 unspecified atom stereocenters. The van der Waals surface area contributed by atoms with Crippen LogP contribution in [-0.2, 0) is 0 Å². The zero-order chi connectivity index (χ0) is 12.3. The normalized spacial score (nSPS) is 19.0. The van der Waals surface area contributed by atoms with Crippen LogP contribution >= 0.6 is 24.0 Å². The number of rotatable bonds is 1. The highest BCUT2D eigenvalue weighted by Crippen LogP contribution is 2.14. The van der Waals surface area contributed by atoms with Crippen LogP contribution in [0.15, 0.2) is 24.3 Å². The smallest absolute Gasteiger partial charge is 0.321 e. The Morgan fingerprint density at radius 2 is 2.11 bits per heavy atom. The number of piperazine rings is 1. The number of hydrogen-bond acceptors (Lipinski definition) is 2. The summed E-state index contributed by atoms with van der Waals surface area (Å²) in [6, 6.07) is 7.41. The van der Waals surface area contributed by atoms with Crippen molar-refractivity contribution in [3.05, 3.63) is 29.3 Å². The Morgan fingerprint density at radius 3 is 2.72 bits per heavy atom. The lowest BCUT2D eigenvalue weighted by Gasteiger charge is -2.31. The maximum Gasteiger partial charge on any atom is 0.321 e. The fourth-order valence-electron chi connectivity index (χ4n) is 1.85. The van der Waals surface area contributed by atoms with Gasteiger partial charge < -0.3 is 15.5 Å². The van der Waals surface area contributed by atoms with Gasteiger partial charge in [-0.15, -0.1) is 12.4 Å². The molecule has 1 aliphatic heterocycles. The molecule has 6 heteroatoms. The highest BCUT2D eigenvalue weighted by Gasteiger charge is 2.20. The molecule has 1 aromatic carbocycles. The van der Waals surface area contributed by atoms with Crippen molar-refractivity contribution in [1.29, 1.82) is 0 Å². The van der Waals surface area contributed by atoms with Gasteiger partial charge in [-0.1, -0.05) is 11.6 Å². The molecule has 0 aliphatic carbocycles. The molecule has 2 amide bonds. The summed E-state index contributed by atoms with van der Waals surface area (Å²) in [5, 5.41) is 6.82. The van der Waals surface area contributed by atoms with Crippen molar-refractivity contribution >= 4 is 35.7 Å². The van der Waals surface area contributed by atoms with Gasteiger partial charge in [0.25, 0.3) is 0 Å². The van der Waals surface area contributed by atoms with Gasteiger partial charge in [-0.3, -0.25) is 0 Å². The molecule has 0 spiro atoms. The van der Waals surface area contributed by atoms with E-state index in [2.05, 4.69) is 17.6 Å². The van der Waals surface area contributed by atoms with Crippen LogP contribution in [0.4, 0.5) is 10.5 Å². The molecule has 2 rings (SSSR count). The molecule has 0 saturated carbocycles. The van der Waals surface area contributed by atoms with E-state index in [1.165, 1.54) is 0 Å². The van der Waals surface area contributed by atoms with E-state index >= 15 is 0 Å². The minimum absolute atomic E-state index is 0. The third-order valence-electron chi connectivity index (χ3n) is 2.75. The number of hydrogen-bond donors (Lipinski definition) is 2. The minimum atomic E-state index is -0.0549. The van der Waals surface area contributed by atoms with E-state index in [4.69, 9.17) is 11.6 Å². The molecule has 1 aromatic rings. The van der Waals surface area contributed by atoms with Crippen molar-refractivity contribution in [1.82, 2.24) is 10.2 Å². The van der Waals surface area contributed by atoms with Gasteiger partial charge in [0.15, 0.2) is 0 Å². The first-order valence-electron chi connectivity index (χ1n) is 5.70. The molecular weight excluding hydrogens is 273 g/mol. The average Bonchev–Trinajstić information content (AvgIpc) is 2.32. The van der Waals surface area contributed by atoms with Crippen molar-refractivity contribution < 1.29 is 4.79 Å². The van der Waals surface area contributed by atoms with Gasteiger partial charge in [-0.2, -0.15) is 0 Å². The van der Waals surface area contributed by atoms with Crippen LogP contribution in [0.2, 0.25) is 5.02 Å². The number of nitrogens with one attached hydrogen (secondary N) is 2. The molecule has 100 valence electrons. The van der Waals surface area contributed by atoms with E-state index in [-0.39, 0.29) is 18.4 Å². The quantitative estimate of drug-likeness (QED) is 0.835. The van der Waals surface area contributed by atoms with Crippen LogP contribution in [0, 0.1) is 0 Å². The second-order valence-corrected chi connectivity index (χ2v) is 4.67. The number of carbonyl (C=O) groups is 1. The Hall–Kier alpha value is -0.970. The van der Waals surface area contributed by atoms with Gasteiger partial charge in [0.2, 0.25) is 0 Å². The third kappa shape index (κ3) is 4.05. The topological polar surface area (TPSA) is 44.4 Å². The third-order valence-corrected chi connectivity index (χ3v) is 3.00. The number of halogens is 2. The highest BCUT2D eigenvalue weighted by molar-refractivity contribution is 6.30. The van der Waals surface area contributed by atoms with Crippen molar-refractivity contribution in [3.8, 4) is 0 Å². The predicted molar refractivity (Wildman–Crippen MR) is 76.8 cm³/mol. The van der Waals surface area contributed by atoms with Crippen LogP contribution in [-0.4, -0.2) is 36.6 Å². The summed E-state index contributed by atoms with van der Waals surface area (Å²) in [7, 11) is 0. The highest BCUT2D eigenvalue weighted by atomic mass is 35.5. The lowest BCUT2D eigenvalue weighted by molar-refractivity contribution is 0.192. The van der Waals surface area contributed by atoms with Crippen LogP contribution in [0.1, 0.15) is 6.92 Å². The van der Waals surface area contributed by atoms with Crippen LogP contribution in [0.5, 0.6) is 0 Å². The first-order chi connectivity index (χ1) is 8.15. The molecule has 2 N–H and O–H groups in total. The molecule has 1 heterocycles. The van der Waals surface area contributed by atoms with Gasteiger partial charge in [0.1, 0.15) is 0 Å². The van der Waals surface area contributed by atoms with E-state index in [0.717, 1.165) is 25.3 Å². The van der Waals surface area contributed by atoms with Crippen LogP contribution in [0.3, 0.4) is 0 Å². The van der Waals surface area contributed by atoms with Gasteiger partial charge >= 0.3 is 6.03 Å². The number of urea groups is 1. The maximum absolute atomic E-state index is 12.0. The van der Waals surface area contributed by atoms with E-state index in [1.807, 2.05) is 4.90 Å². The first-order valence-corrected chi connectivity index (χ1v) is 6.08. The van der Waals surface area contributed by atoms with Crippen molar-refractivity contribution in [2.45, 2.75) is 13.0 Å². The number of amides is 2. The van der Waals surface area contributed by atoms with Crippen molar-refractivity contribution in [3.63, 3.8) is 0 Å². The lowest BCUT2D eigenvalue weighted by Crippen LogP contribution is -2.52. The molecule has 18 heavy (non-hydrogen) atoms. The zero-order valence-corrected chi connectivity index (χ0v) is 11.7. The van der Waals surface area contributed by atoms with Crippen LogP contribution < -0.4 is 10.6 Å². The molecule has 1 aliphatic rings. The Labute approximate surface area is 118 Å². The summed E-state index contributed by atoms with van der Waals surface area (Å²) < 4.78 is 0. The first kappa shape index (κ1) is 15.1. The van der Waals surface area contributed by atoms with Crippen molar-refractivity contribution in [2.75, 3.05) is 25.0 Å². The van der Waals surface area contributed by atoms with Gasteiger partial charge in [0, 0.05) is 36.4 Å². The summed E-state index contributed by atoms with van der Waals surface area (Å²) >= 11 is 5.78. The fourth-order valence-corrected chi connectivity index (χ4v) is 1.98. The Balaban J connectivity index is 0.00000162. The second-order valence-electron chi connectivity index (χ2n) is 4.24. The Kier molecular flexibility index (Phi) is 5.72. The summed E-state index contributed by atoms with van der Waals surface area (Å²) in [4.78, 5) is 13.8. The average molecular weight is 290 g/mol. The zero-order valence-electron chi connectivity index (χ0n) is 10.1. The molecule has 0 radical (unpaired) electrons. The summed E-state index contributed by atoms with van der Waals surface area (Å²) in [6.07, 6.45) is 0. The predicted octanol–water partition coefficient (Wildman–Crippen LogP) is 2.59. The summed E-state index contributed by atoms with van der Waals surface area (Å²) in [5.41, 5.74) is 0.769. The van der Waals surface area contributed by atoms with E-state index in [0.29, 0.717) is 11.1 Å². The number of carbonyl (C=O) groups excluding carboxylic acids is 1. The number of anilines is 1. The SMILES string of the molecule is C[C@@H]1CN(C(=O)Nc2ccc(Cl)cc2)CCN1.Cl. The maximum atomic E-state index is 12.0. The molecule has 0 aromatic heterocycles. The molecule has 1 saturated heterocycles. The molecule has 4 nitrogen and oxygen atoms in total. The van der Waals surface area contributed by atoms with E-state index in [1.54, 1.807) is 24.3 Å². The second kappa shape index (κ2) is 6.83. The number of nitrogens with zero attached hydrogens (tertiary/aromatic N) is 1. The molecular formula is C12H17Cl2N3O. The largest absolute Gasteiger partial charge is 0.322 e. The van der Waals surface area contributed by atoms with Gasteiger partial charge in [0.05, 0.1) is 0 Å². The van der Waals surface area contributed by atoms with E-state index < -0.39 is 0 Å². The van der Waals surface area contributed by atoms with Gasteiger partial charge in [-0.25, -0.2) is 4.79 Å². The summed E-state index contributed by atoms with van der Waals surface area (Å²) in [5.74, 6) is 0. The van der Waals surface area contributed by atoms with E-state index in [9.17, 15) is 4.79 Å². The molecule has 1 atom stereocenters. The molecule has 1 fully saturated rings. The lowest BCUT2D eigenvalue weighted by atomic mass is 10.2.